The molecule has 172 valence electrons. The van der Waals surface area contributed by atoms with E-state index in [-0.39, 0.29) is 21.7 Å². The van der Waals surface area contributed by atoms with E-state index in [1.54, 1.807) is 12.1 Å². The second kappa shape index (κ2) is 9.84. The van der Waals surface area contributed by atoms with Crippen molar-refractivity contribution >= 4 is 54.8 Å². The van der Waals surface area contributed by atoms with E-state index < -0.39 is 15.3 Å². The number of benzene rings is 1. The summed E-state index contributed by atoms with van der Waals surface area (Å²) in [5.41, 5.74) is 0.584. The molecule has 11 heteroatoms. The van der Waals surface area contributed by atoms with Crippen LogP contribution in [0.5, 0.6) is 0 Å². The van der Waals surface area contributed by atoms with Crippen molar-refractivity contribution in [3.63, 3.8) is 0 Å². The molecule has 0 radical (unpaired) electrons. The van der Waals surface area contributed by atoms with Crippen LogP contribution >= 0.6 is 27.5 Å². The van der Waals surface area contributed by atoms with Gasteiger partial charge in [-0.3, -0.25) is 4.79 Å². The zero-order valence-corrected chi connectivity index (χ0v) is 21.1. The van der Waals surface area contributed by atoms with Gasteiger partial charge in [0.25, 0.3) is 0 Å². The number of carbonyl (C=O) groups excluding carboxylic acids is 1. The minimum absolute atomic E-state index is 0.0276. The summed E-state index contributed by atoms with van der Waals surface area (Å²) in [4.78, 5) is 26.7. The molecule has 1 aliphatic carbocycles. The van der Waals surface area contributed by atoms with E-state index in [0.717, 1.165) is 31.2 Å². The molecule has 1 heterocycles. The molecule has 32 heavy (non-hydrogen) atoms. The molecule has 2 unspecified atom stereocenters. The zero-order valence-electron chi connectivity index (χ0n) is 17.9. The number of carbonyl (C=O) groups is 1. The fourth-order valence-corrected chi connectivity index (χ4v) is 5.52. The Morgan fingerprint density at radius 1 is 1.38 bits per heavy atom. The first-order valence-electron chi connectivity index (χ1n) is 9.91. The number of oxime groups is 1. The Labute approximate surface area is 200 Å². The maximum absolute atomic E-state index is 13.5. The summed E-state index contributed by atoms with van der Waals surface area (Å²) in [6.45, 7) is 1.83. The Morgan fingerprint density at radius 3 is 2.72 bits per heavy atom. The van der Waals surface area contributed by atoms with Crippen molar-refractivity contribution in [1.29, 1.82) is 0 Å². The molecule has 1 aromatic heterocycles. The summed E-state index contributed by atoms with van der Waals surface area (Å²) in [7, 11) is -1.97. The second-order valence-corrected chi connectivity index (χ2v) is 11.3. The minimum atomic E-state index is -3.49. The quantitative estimate of drug-likeness (QED) is 0.519. The first-order valence-corrected chi connectivity index (χ1v) is 13.0. The molecule has 3 rings (SSSR count). The number of halogens is 2. The van der Waals surface area contributed by atoms with Gasteiger partial charge in [0, 0.05) is 6.26 Å². The number of nitrogens with one attached hydrogen (secondary N) is 1. The normalized spacial score (nSPS) is 19.5. The average Bonchev–Trinajstić information content (AvgIpc) is 3.15. The van der Waals surface area contributed by atoms with Crippen LogP contribution in [-0.4, -0.2) is 43.4 Å². The lowest BCUT2D eigenvalue weighted by Gasteiger charge is -2.31. The molecule has 1 N–H and O–H groups in total. The number of sulfone groups is 1. The van der Waals surface area contributed by atoms with Crippen molar-refractivity contribution in [2.45, 2.75) is 42.9 Å². The summed E-state index contributed by atoms with van der Waals surface area (Å²) >= 11 is 9.53. The monoisotopic (exact) mass is 542 g/mol. The molecule has 0 saturated heterocycles. The summed E-state index contributed by atoms with van der Waals surface area (Å²) < 4.78 is 24.5. The Morgan fingerprint density at radius 2 is 2.12 bits per heavy atom. The minimum Gasteiger partial charge on any atom is -0.399 e. The smallest absolute Gasteiger partial charge is 0.235 e. The van der Waals surface area contributed by atoms with Gasteiger partial charge in [0.2, 0.25) is 5.91 Å². The molecule has 1 aliphatic rings. The fraction of sp³-hybridized carbons (Fsp3) is 0.429. The third kappa shape index (κ3) is 5.65. The van der Waals surface area contributed by atoms with E-state index >= 15 is 0 Å². The van der Waals surface area contributed by atoms with Crippen LogP contribution in [0.2, 0.25) is 5.02 Å². The lowest BCUT2D eigenvalue weighted by molar-refractivity contribution is -0.121. The fourth-order valence-electron chi connectivity index (χ4n) is 3.99. The summed E-state index contributed by atoms with van der Waals surface area (Å²) in [5, 5.41) is 6.97. The van der Waals surface area contributed by atoms with Gasteiger partial charge in [0.1, 0.15) is 11.7 Å². The summed E-state index contributed by atoms with van der Waals surface area (Å²) in [6.07, 6.45) is 6.97. The van der Waals surface area contributed by atoms with Gasteiger partial charge in [-0.2, -0.15) is 0 Å². The van der Waals surface area contributed by atoms with E-state index in [1.165, 1.54) is 25.6 Å². The predicted molar refractivity (Wildman–Crippen MR) is 127 cm³/mol. The van der Waals surface area contributed by atoms with Crippen molar-refractivity contribution in [2.24, 2.45) is 11.1 Å². The predicted octanol–water partition coefficient (Wildman–Crippen LogP) is 4.39. The Balaban J connectivity index is 1.96. The Hall–Kier alpha value is -2.04. The van der Waals surface area contributed by atoms with Crippen LogP contribution < -0.4 is 5.32 Å². The molecule has 8 nitrogen and oxygen atoms in total. The topological polar surface area (TPSA) is 111 Å². The van der Waals surface area contributed by atoms with E-state index in [4.69, 9.17) is 16.4 Å². The van der Waals surface area contributed by atoms with E-state index in [1.807, 2.05) is 6.92 Å². The molecule has 1 fully saturated rings. The molecule has 2 aromatic rings. The Bertz CT molecular complexity index is 1140. The highest BCUT2D eigenvalue weighted by atomic mass is 79.9. The Kier molecular flexibility index (Phi) is 7.57. The number of anilines is 1. The van der Waals surface area contributed by atoms with E-state index in [2.05, 4.69) is 36.4 Å². The SMILES string of the molecule is CO/N=C1/CCC(CC(C)(C(=O)Nc2cnc(Br)cn2)c2ccc(S(C)(=O)=O)c(Cl)c2)C1. The van der Waals surface area contributed by atoms with Crippen LogP contribution in [0, 0.1) is 5.92 Å². The molecule has 1 saturated carbocycles. The van der Waals surface area contributed by atoms with Crippen molar-refractivity contribution in [3.8, 4) is 0 Å². The lowest BCUT2D eigenvalue weighted by Crippen LogP contribution is -2.39. The van der Waals surface area contributed by atoms with Gasteiger partial charge in [-0.15, -0.1) is 0 Å². The number of amides is 1. The lowest BCUT2D eigenvalue weighted by atomic mass is 9.74. The van der Waals surface area contributed by atoms with Gasteiger partial charge in [-0.25, -0.2) is 18.4 Å². The number of hydrogen-bond acceptors (Lipinski definition) is 7. The number of aromatic nitrogens is 2. The number of hydrogen-bond donors (Lipinski definition) is 1. The van der Waals surface area contributed by atoms with E-state index in [9.17, 15) is 13.2 Å². The highest BCUT2D eigenvalue weighted by Gasteiger charge is 2.40. The van der Waals surface area contributed by atoms with Gasteiger partial charge in [-0.1, -0.05) is 22.8 Å². The van der Waals surface area contributed by atoms with E-state index in [0.29, 0.717) is 22.4 Å². The largest absolute Gasteiger partial charge is 0.399 e. The molecule has 0 spiro atoms. The van der Waals surface area contributed by atoms with Gasteiger partial charge < -0.3 is 10.2 Å². The highest BCUT2D eigenvalue weighted by molar-refractivity contribution is 9.10. The third-order valence-corrected chi connectivity index (χ3v) is 7.60. The standard InChI is InChI=1S/C21H24BrClN4O4S/c1-21(10-13-4-6-15(8-13)27-31-2,20(28)26-19-12-24-18(22)11-25-19)14-5-7-17(16(23)9-14)32(3,29)30/h5,7,9,11-13H,4,6,8,10H2,1-3H3,(H,25,26,28)/b27-15-. The van der Waals surface area contributed by atoms with Crippen LogP contribution in [0.15, 0.2) is 45.2 Å². The van der Waals surface area contributed by atoms with Crippen LogP contribution in [0.4, 0.5) is 5.82 Å². The van der Waals surface area contributed by atoms with Gasteiger partial charge in [-0.05, 0) is 72.2 Å². The number of rotatable bonds is 7. The second-order valence-electron chi connectivity index (χ2n) is 8.08. The third-order valence-electron chi connectivity index (χ3n) is 5.61. The van der Waals surface area contributed by atoms with Crippen molar-refractivity contribution in [2.75, 3.05) is 18.7 Å². The zero-order chi connectivity index (χ0) is 23.5. The van der Waals surface area contributed by atoms with Gasteiger partial charge in [0.05, 0.1) is 33.4 Å². The molecular formula is C21H24BrClN4O4S. The molecule has 1 aromatic carbocycles. The first kappa shape index (κ1) is 24.6. The molecule has 2 atom stereocenters. The van der Waals surface area contributed by atoms with Crippen LogP contribution in [0.1, 0.15) is 38.2 Å². The van der Waals surface area contributed by atoms with Crippen molar-refractivity contribution in [3.05, 3.63) is 45.8 Å². The van der Waals surface area contributed by atoms with Gasteiger partial charge in [0.15, 0.2) is 15.7 Å². The molecule has 1 amide bonds. The number of nitrogens with zero attached hydrogens (tertiary/aromatic N) is 3. The van der Waals surface area contributed by atoms with Crippen molar-refractivity contribution in [1.82, 2.24) is 9.97 Å². The van der Waals surface area contributed by atoms with Gasteiger partial charge >= 0.3 is 0 Å². The summed E-state index contributed by atoms with van der Waals surface area (Å²) in [5.74, 6) is 0.231. The first-order chi connectivity index (χ1) is 15.0. The van der Waals surface area contributed by atoms with Crippen LogP contribution in [0.25, 0.3) is 0 Å². The highest BCUT2D eigenvalue weighted by Crippen LogP contribution is 2.40. The maximum Gasteiger partial charge on any atom is 0.235 e. The van der Waals surface area contributed by atoms with Crippen LogP contribution in [0.3, 0.4) is 0 Å². The molecule has 0 bridgehead atoms. The van der Waals surface area contributed by atoms with Crippen LogP contribution in [-0.2, 0) is 24.9 Å². The molecular weight excluding hydrogens is 520 g/mol. The maximum atomic E-state index is 13.5. The van der Waals surface area contributed by atoms with Crippen molar-refractivity contribution < 1.29 is 18.0 Å². The average molecular weight is 544 g/mol. The summed E-state index contributed by atoms with van der Waals surface area (Å²) in [6, 6.07) is 4.66. The molecule has 0 aliphatic heterocycles.